The van der Waals surface area contributed by atoms with E-state index in [-0.39, 0.29) is 6.08 Å². The minimum absolute atomic E-state index is 0.0924. The Bertz CT molecular complexity index is 843. The SMILES string of the molecule is C[C@@H](Oc1ccc(Oc2nc3ccc(Cl)cc3o2)cc1)C(=O)O. The van der Waals surface area contributed by atoms with Crippen LogP contribution in [0.1, 0.15) is 6.92 Å². The lowest BCUT2D eigenvalue weighted by Gasteiger charge is -2.10. The van der Waals surface area contributed by atoms with E-state index in [0.29, 0.717) is 27.6 Å². The van der Waals surface area contributed by atoms with E-state index in [0.717, 1.165) is 0 Å². The molecule has 3 rings (SSSR count). The highest BCUT2D eigenvalue weighted by atomic mass is 35.5. The van der Waals surface area contributed by atoms with Gasteiger partial charge in [0, 0.05) is 11.1 Å². The number of aromatic nitrogens is 1. The molecule has 0 amide bonds. The van der Waals surface area contributed by atoms with Crippen LogP contribution in [0.5, 0.6) is 17.6 Å². The third-order valence-electron chi connectivity index (χ3n) is 3.02. The van der Waals surface area contributed by atoms with Gasteiger partial charge in [0.1, 0.15) is 17.0 Å². The molecule has 0 bridgehead atoms. The standard InChI is InChI=1S/C16H12ClNO5/c1-9(15(19)20)21-11-3-5-12(6-4-11)22-16-18-13-7-2-10(17)8-14(13)23-16/h2-9H,1H3,(H,19,20)/t9-/m1/s1. The molecule has 118 valence electrons. The Morgan fingerprint density at radius 1 is 1.22 bits per heavy atom. The highest BCUT2D eigenvalue weighted by Crippen LogP contribution is 2.28. The van der Waals surface area contributed by atoms with Crippen LogP contribution in [0.4, 0.5) is 0 Å². The zero-order valence-electron chi connectivity index (χ0n) is 12.0. The van der Waals surface area contributed by atoms with Crippen LogP contribution in [0, 0.1) is 0 Å². The third-order valence-corrected chi connectivity index (χ3v) is 3.26. The van der Waals surface area contributed by atoms with Crippen molar-refractivity contribution in [3.05, 3.63) is 47.5 Å². The molecule has 1 atom stereocenters. The lowest BCUT2D eigenvalue weighted by Crippen LogP contribution is -2.22. The quantitative estimate of drug-likeness (QED) is 0.756. The predicted molar refractivity (Wildman–Crippen MR) is 83.3 cm³/mol. The molecule has 0 fully saturated rings. The van der Waals surface area contributed by atoms with E-state index in [1.807, 2.05) is 0 Å². The van der Waals surface area contributed by atoms with Crippen molar-refractivity contribution in [2.75, 3.05) is 0 Å². The summed E-state index contributed by atoms with van der Waals surface area (Å²) < 4.78 is 16.2. The van der Waals surface area contributed by atoms with Gasteiger partial charge in [0.15, 0.2) is 11.7 Å². The summed E-state index contributed by atoms with van der Waals surface area (Å²) in [6.45, 7) is 1.45. The summed E-state index contributed by atoms with van der Waals surface area (Å²) in [4.78, 5) is 14.9. The predicted octanol–water partition coefficient (Wildman–Crippen LogP) is 4.13. The number of ether oxygens (including phenoxy) is 2. The number of nitrogens with zero attached hydrogens (tertiary/aromatic N) is 1. The zero-order chi connectivity index (χ0) is 16.4. The van der Waals surface area contributed by atoms with Gasteiger partial charge in [-0.1, -0.05) is 11.6 Å². The Labute approximate surface area is 136 Å². The number of fused-ring (bicyclic) bond motifs is 1. The second-order valence-corrected chi connectivity index (χ2v) is 5.20. The van der Waals surface area contributed by atoms with Crippen molar-refractivity contribution in [1.29, 1.82) is 0 Å². The molecule has 23 heavy (non-hydrogen) atoms. The number of carboxylic acid groups (broad SMARTS) is 1. The van der Waals surface area contributed by atoms with Crippen LogP contribution in [-0.2, 0) is 4.79 Å². The molecule has 6 nitrogen and oxygen atoms in total. The Morgan fingerprint density at radius 3 is 2.61 bits per heavy atom. The number of carbonyl (C=O) groups is 1. The van der Waals surface area contributed by atoms with Crippen LogP contribution in [0.15, 0.2) is 46.9 Å². The van der Waals surface area contributed by atoms with Crippen molar-refractivity contribution in [2.24, 2.45) is 0 Å². The molecule has 0 radical (unpaired) electrons. The molecule has 1 aromatic heterocycles. The molecule has 2 aromatic carbocycles. The van der Waals surface area contributed by atoms with E-state index < -0.39 is 12.1 Å². The summed E-state index contributed by atoms with van der Waals surface area (Å²) in [6.07, 6.45) is -0.835. The average Bonchev–Trinajstić information content (AvgIpc) is 2.90. The van der Waals surface area contributed by atoms with Gasteiger partial charge in [-0.3, -0.25) is 0 Å². The maximum atomic E-state index is 10.7. The van der Waals surface area contributed by atoms with Crippen LogP contribution in [0.25, 0.3) is 11.1 Å². The van der Waals surface area contributed by atoms with Crippen molar-refractivity contribution in [2.45, 2.75) is 13.0 Å². The lowest BCUT2D eigenvalue weighted by atomic mass is 10.3. The number of benzene rings is 2. The Hall–Kier alpha value is -2.73. The number of hydrogen-bond donors (Lipinski definition) is 1. The molecular formula is C16H12ClNO5. The number of aliphatic carboxylic acids is 1. The maximum Gasteiger partial charge on any atom is 0.400 e. The normalized spacial score (nSPS) is 12.1. The first kappa shape index (κ1) is 15.2. The molecule has 0 aliphatic carbocycles. The number of oxazole rings is 1. The summed E-state index contributed by atoms with van der Waals surface area (Å²) in [5, 5.41) is 9.35. The molecule has 1 N–H and O–H groups in total. The fourth-order valence-electron chi connectivity index (χ4n) is 1.86. The summed E-state index contributed by atoms with van der Waals surface area (Å²) in [5.74, 6) is -0.120. The van der Waals surface area contributed by atoms with Crippen molar-refractivity contribution < 1.29 is 23.8 Å². The Morgan fingerprint density at radius 2 is 1.91 bits per heavy atom. The van der Waals surface area contributed by atoms with Gasteiger partial charge in [-0.2, -0.15) is 4.98 Å². The molecule has 0 spiro atoms. The van der Waals surface area contributed by atoms with E-state index >= 15 is 0 Å². The highest BCUT2D eigenvalue weighted by molar-refractivity contribution is 6.31. The van der Waals surface area contributed by atoms with Crippen molar-refractivity contribution in [3.63, 3.8) is 0 Å². The molecular weight excluding hydrogens is 322 g/mol. The monoisotopic (exact) mass is 333 g/mol. The van der Waals surface area contributed by atoms with Crippen LogP contribution in [-0.4, -0.2) is 22.2 Å². The first-order valence-electron chi connectivity index (χ1n) is 6.75. The second kappa shape index (κ2) is 6.18. The molecule has 0 aliphatic heterocycles. The van der Waals surface area contributed by atoms with Gasteiger partial charge in [0.05, 0.1) is 0 Å². The minimum Gasteiger partial charge on any atom is -0.479 e. The van der Waals surface area contributed by atoms with Gasteiger partial charge < -0.3 is 19.0 Å². The highest BCUT2D eigenvalue weighted by Gasteiger charge is 2.13. The van der Waals surface area contributed by atoms with Gasteiger partial charge >= 0.3 is 12.0 Å². The average molecular weight is 334 g/mol. The fraction of sp³-hybridized carbons (Fsp3) is 0.125. The number of halogens is 1. The topological polar surface area (TPSA) is 81.8 Å². The summed E-state index contributed by atoms with van der Waals surface area (Å²) in [6, 6.07) is 11.6. The van der Waals surface area contributed by atoms with E-state index in [1.54, 1.807) is 42.5 Å². The summed E-state index contributed by atoms with van der Waals surface area (Å²) in [7, 11) is 0. The van der Waals surface area contributed by atoms with E-state index in [9.17, 15) is 4.79 Å². The van der Waals surface area contributed by atoms with Crippen molar-refractivity contribution in [1.82, 2.24) is 4.98 Å². The van der Waals surface area contributed by atoms with Crippen molar-refractivity contribution >= 4 is 28.7 Å². The maximum absolute atomic E-state index is 10.7. The number of carboxylic acids is 1. The summed E-state index contributed by atoms with van der Waals surface area (Å²) in [5.41, 5.74) is 1.17. The van der Waals surface area contributed by atoms with Crippen LogP contribution < -0.4 is 9.47 Å². The van der Waals surface area contributed by atoms with Crippen LogP contribution >= 0.6 is 11.6 Å². The third kappa shape index (κ3) is 3.54. The number of hydrogen-bond acceptors (Lipinski definition) is 5. The van der Waals surface area contributed by atoms with Gasteiger partial charge in [-0.15, -0.1) is 0 Å². The molecule has 0 aliphatic rings. The van der Waals surface area contributed by atoms with Gasteiger partial charge in [0.25, 0.3) is 0 Å². The second-order valence-electron chi connectivity index (χ2n) is 4.76. The molecule has 0 saturated heterocycles. The Kier molecular flexibility index (Phi) is 4.08. The van der Waals surface area contributed by atoms with E-state index in [4.69, 9.17) is 30.6 Å². The van der Waals surface area contributed by atoms with Crippen LogP contribution in [0.2, 0.25) is 5.02 Å². The van der Waals surface area contributed by atoms with Crippen molar-refractivity contribution in [3.8, 4) is 17.6 Å². The summed E-state index contributed by atoms with van der Waals surface area (Å²) >= 11 is 5.88. The van der Waals surface area contributed by atoms with E-state index in [1.165, 1.54) is 6.92 Å². The molecule has 1 heterocycles. The fourth-order valence-corrected chi connectivity index (χ4v) is 2.02. The van der Waals surface area contributed by atoms with Gasteiger partial charge in [-0.25, -0.2) is 4.79 Å². The number of rotatable bonds is 5. The first-order chi connectivity index (χ1) is 11.0. The first-order valence-corrected chi connectivity index (χ1v) is 7.12. The largest absolute Gasteiger partial charge is 0.479 e. The van der Waals surface area contributed by atoms with Gasteiger partial charge in [-0.05, 0) is 43.3 Å². The van der Waals surface area contributed by atoms with Crippen LogP contribution in [0.3, 0.4) is 0 Å². The Balaban J connectivity index is 1.73. The molecule has 0 unspecified atom stereocenters. The lowest BCUT2D eigenvalue weighted by molar-refractivity contribution is -0.144. The molecule has 3 aromatic rings. The van der Waals surface area contributed by atoms with E-state index in [2.05, 4.69) is 4.98 Å². The smallest absolute Gasteiger partial charge is 0.400 e. The molecule has 7 heteroatoms. The molecule has 0 saturated carbocycles. The van der Waals surface area contributed by atoms with Gasteiger partial charge in [0.2, 0.25) is 0 Å². The minimum atomic E-state index is -1.03. The zero-order valence-corrected chi connectivity index (χ0v) is 12.8.